The molecule has 1 N–H and O–H groups in total. The molecule has 1 aliphatic carbocycles. The summed E-state index contributed by atoms with van der Waals surface area (Å²) in [6.07, 6.45) is 2.87. The van der Waals surface area contributed by atoms with Crippen LogP contribution in [0, 0.1) is 0 Å². The van der Waals surface area contributed by atoms with Crippen molar-refractivity contribution in [3.8, 4) is 0 Å². The molecule has 1 fully saturated rings. The fraction of sp³-hybridized carbons (Fsp3) is 0.533. The smallest absolute Gasteiger partial charge is 0.252 e. The quantitative estimate of drug-likeness (QED) is 0.901. The second-order valence-corrected chi connectivity index (χ2v) is 6.19. The molecule has 0 radical (unpaired) electrons. The highest BCUT2D eigenvalue weighted by molar-refractivity contribution is 6.30. The van der Waals surface area contributed by atoms with Gasteiger partial charge in [-0.15, -0.1) is 0 Å². The summed E-state index contributed by atoms with van der Waals surface area (Å²) < 4.78 is 5.21. The number of ether oxygens (including phenoxy) is 1. The fourth-order valence-corrected chi connectivity index (χ4v) is 2.10. The Kier molecular flexibility index (Phi) is 3.88. The van der Waals surface area contributed by atoms with Gasteiger partial charge in [-0.3, -0.25) is 4.79 Å². The molecular formula is C15H20ClNO2. The highest BCUT2D eigenvalue weighted by Gasteiger charge is 2.46. The zero-order valence-electron chi connectivity index (χ0n) is 11.6. The van der Waals surface area contributed by atoms with Crippen LogP contribution in [-0.2, 0) is 16.0 Å². The van der Waals surface area contributed by atoms with Gasteiger partial charge in [0.05, 0.1) is 0 Å². The topological polar surface area (TPSA) is 38.3 Å². The van der Waals surface area contributed by atoms with Crippen LogP contribution in [0.4, 0.5) is 0 Å². The van der Waals surface area contributed by atoms with Gasteiger partial charge in [0.1, 0.15) is 5.60 Å². The highest BCUT2D eigenvalue weighted by atomic mass is 35.5. The number of hydrogen-bond donors (Lipinski definition) is 1. The first-order valence-electron chi connectivity index (χ1n) is 6.49. The van der Waals surface area contributed by atoms with Gasteiger partial charge >= 0.3 is 0 Å². The second-order valence-electron chi connectivity index (χ2n) is 5.75. The van der Waals surface area contributed by atoms with Gasteiger partial charge in [0.25, 0.3) is 5.91 Å². The molecule has 0 aromatic heterocycles. The zero-order valence-corrected chi connectivity index (χ0v) is 12.4. The Morgan fingerprint density at radius 1 is 1.37 bits per heavy atom. The molecule has 3 nitrogen and oxygen atoms in total. The Balaban J connectivity index is 2.00. The Labute approximate surface area is 119 Å². The van der Waals surface area contributed by atoms with Crippen LogP contribution in [0.2, 0.25) is 5.02 Å². The molecule has 2 rings (SSSR count). The number of halogens is 1. The minimum Gasteiger partial charge on any atom is -0.369 e. The van der Waals surface area contributed by atoms with E-state index in [1.54, 1.807) is 21.0 Å². The van der Waals surface area contributed by atoms with Gasteiger partial charge in [-0.1, -0.05) is 23.7 Å². The number of amides is 1. The summed E-state index contributed by atoms with van der Waals surface area (Å²) in [4.78, 5) is 12.1. The lowest BCUT2D eigenvalue weighted by Crippen LogP contribution is -2.49. The highest BCUT2D eigenvalue weighted by Crippen LogP contribution is 2.39. The first-order valence-corrected chi connectivity index (χ1v) is 6.87. The van der Waals surface area contributed by atoms with Crippen molar-refractivity contribution in [3.63, 3.8) is 0 Å². The van der Waals surface area contributed by atoms with Crippen LogP contribution >= 0.6 is 11.6 Å². The Hall–Kier alpha value is -1.06. The van der Waals surface area contributed by atoms with Gasteiger partial charge in [0.15, 0.2) is 0 Å². The molecule has 0 bridgehead atoms. The van der Waals surface area contributed by atoms with Crippen molar-refractivity contribution >= 4 is 17.5 Å². The molecule has 0 saturated heterocycles. The maximum Gasteiger partial charge on any atom is 0.252 e. The fourth-order valence-electron chi connectivity index (χ4n) is 1.97. The molecule has 1 aromatic carbocycles. The summed E-state index contributed by atoms with van der Waals surface area (Å²) in [5, 5.41) is 3.86. The zero-order chi connectivity index (χ0) is 14.1. The van der Waals surface area contributed by atoms with Crippen molar-refractivity contribution in [1.82, 2.24) is 5.32 Å². The van der Waals surface area contributed by atoms with E-state index in [2.05, 4.69) is 5.32 Å². The maximum atomic E-state index is 12.1. The molecule has 0 aliphatic heterocycles. The van der Waals surface area contributed by atoms with Crippen molar-refractivity contribution < 1.29 is 9.53 Å². The van der Waals surface area contributed by atoms with E-state index in [4.69, 9.17) is 16.3 Å². The summed E-state index contributed by atoms with van der Waals surface area (Å²) in [6, 6.07) is 7.79. The maximum absolute atomic E-state index is 12.1. The third kappa shape index (κ3) is 3.48. The third-order valence-corrected chi connectivity index (χ3v) is 4.00. The van der Waals surface area contributed by atoms with Crippen LogP contribution in [0.3, 0.4) is 0 Å². The van der Waals surface area contributed by atoms with Crippen LogP contribution in [0.25, 0.3) is 0 Å². The number of methoxy groups -OCH3 is 1. The van der Waals surface area contributed by atoms with Crippen molar-refractivity contribution in [2.45, 2.75) is 44.2 Å². The monoisotopic (exact) mass is 281 g/mol. The molecule has 0 atom stereocenters. The lowest BCUT2D eigenvalue weighted by molar-refractivity contribution is -0.140. The third-order valence-electron chi connectivity index (χ3n) is 3.75. The van der Waals surface area contributed by atoms with Crippen LogP contribution in [-0.4, -0.2) is 24.2 Å². The largest absolute Gasteiger partial charge is 0.369 e. The number of benzene rings is 1. The number of nitrogens with one attached hydrogen (secondary N) is 1. The van der Waals surface area contributed by atoms with E-state index < -0.39 is 5.60 Å². The van der Waals surface area contributed by atoms with Gasteiger partial charge < -0.3 is 10.1 Å². The molecule has 104 valence electrons. The van der Waals surface area contributed by atoms with Gasteiger partial charge in [-0.2, -0.15) is 0 Å². The van der Waals surface area contributed by atoms with E-state index in [1.807, 2.05) is 24.3 Å². The summed E-state index contributed by atoms with van der Waals surface area (Å²) in [5.41, 5.74) is 0.313. The van der Waals surface area contributed by atoms with Gasteiger partial charge in [0.2, 0.25) is 0 Å². The van der Waals surface area contributed by atoms with E-state index in [-0.39, 0.29) is 11.4 Å². The Bertz CT molecular complexity index is 464. The number of hydrogen-bond acceptors (Lipinski definition) is 2. The van der Waals surface area contributed by atoms with Crippen LogP contribution in [0.1, 0.15) is 32.3 Å². The molecule has 0 unspecified atom stereocenters. The Morgan fingerprint density at radius 3 is 2.42 bits per heavy atom. The van der Waals surface area contributed by atoms with Gasteiger partial charge in [-0.25, -0.2) is 0 Å². The average molecular weight is 282 g/mol. The van der Waals surface area contributed by atoms with Crippen molar-refractivity contribution in [1.29, 1.82) is 0 Å². The van der Waals surface area contributed by atoms with Crippen molar-refractivity contribution in [2.75, 3.05) is 7.11 Å². The molecule has 4 heteroatoms. The van der Waals surface area contributed by atoms with Gasteiger partial charge in [0, 0.05) is 17.7 Å². The van der Waals surface area contributed by atoms with Crippen LogP contribution < -0.4 is 5.32 Å². The normalized spacial score (nSPS) is 17.1. The molecule has 1 aliphatic rings. The lowest BCUT2D eigenvalue weighted by Gasteiger charge is -2.26. The molecule has 19 heavy (non-hydrogen) atoms. The predicted molar refractivity (Wildman–Crippen MR) is 76.4 cm³/mol. The van der Waals surface area contributed by atoms with Gasteiger partial charge in [-0.05, 0) is 50.8 Å². The minimum absolute atomic E-state index is 0.0542. The Morgan fingerprint density at radius 2 is 1.95 bits per heavy atom. The predicted octanol–water partition coefficient (Wildman–Crippen LogP) is 2.96. The summed E-state index contributed by atoms with van der Waals surface area (Å²) in [6.45, 7) is 3.56. The molecule has 0 spiro atoms. The second kappa shape index (κ2) is 5.14. The van der Waals surface area contributed by atoms with Crippen LogP contribution in [0.15, 0.2) is 24.3 Å². The first kappa shape index (κ1) is 14.4. The summed E-state index contributed by atoms with van der Waals surface area (Å²) in [5.74, 6) is -0.0542. The van der Waals surface area contributed by atoms with Crippen molar-refractivity contribution in [2.24, 2.45) is 0 Å². The molecule has 1 saturated carbocycles. The van der Waals surface area contributed by atoms with E-state index in [0.29, 0.717) is 0 Å². The molecular weight excluding hydrogens is 262 g/mol. The SMILES string of the molecule is COC(C)(C)C(=O)NC1(Cc2ccc(Cl)cc2)CC1. The van der Waals surface area contributed by atoms with E-state index in [9.17, 15) is 4.79 Å². The number of carbonyl (C=O) groups is 1. The average Bonchev–Trinajstić information content (AvgIpc) is 3.12. The molecule has 0 heterocycles. The summed E-state index contributed by atoms with van der Waals surface area (Å²) in [7, 11) is 1.55. The molecule has 1 amide bonds. The van der Waals surface area contributed by atoms with Crippen molar-refractivity contribution in [3.05, 3.63) is 34.9 Å². The van der Waals surface area contributed by atoms with E-state index in [1.165, 1.54) is 5.56 Å². The minimum atomic E-state index is -0.782. The van der Waals surface area contributed by atoms with E-state index >= 15 is 0 Å². The lowest BCUT2D eigenvalue weighted by atomic mass is 10.0. The first-order chi connectivity index (χ1) is 8.87. The summed E-state index contributed by atoms with van der Waals surface area (Å²) >= 11 is 5.88. The molecule has 1 aromatic rings. The number of carbonyl (C=O) groups excluding carboxylic acids is 1. The standard InChI is InChI=1S/C15H20ClNO2/c1-14(2,19-3)13(18)17-15(8-9-15)10-11-4-6-12(16)7-5-11/h4-7H,8-10H2,1-3H3,(H,17,18). The van der Waals surface area contributed by atoms with E-state index in [0.717, 1.165) is 24.3 Å². The van der Waals surface area contributed by atoms with Crippen LogP contribution in [0.5, 0.6) is 0 Å². The number of rotatable bonds is 5.